The molecule has 2 aliphatic rings. The number of fused-ring (bicyclic) bond motifs is 1. The van der Waals surface area contributed by atoms with Gasteiger partial charge in [0, 0.05) is 5.41 Å². The van der Waals surface area contributed by atoms with Crippen molar-refractivity contribution in [3.63, 3.8) is 0 Å². The third kappa shape index (κ3) is 1.87. The van der Waals surface area contributed by atoms with Gasteiger partial charge in [0.15, 0.2) is 0 Å². The fourth-order valence-electron chi connectivity index (χ4n) is 4.81. The number of aliphatic hydroxyl groups is 1. The fourth-order valence-corrected chi connectivity index (χ4v) is 4.81. The minimum atomic E-state index is -0.191. The van der Waals surface area contributed by atoms with Crippen LogP contribution >= 0.6 is 0 Å². The second kappa shape index (κ2) is 4.12. The first kappa shape index (κ1) is 13.1. The van der Waals surface area contributed by atoms with Gasteiger partial charge < -0.3 is 5.11 Å². The van der Waals surface area contributed by atoms with Crippen LogP contribution in [0.3, 0.4) is 0 Å². The van der Waals surface area contributed by atoms with Crippen molar-refractivity contribution in [3.05, 3.63) is 12.2 Å². The van der Waals surface area contributed by atoms with E-state index in [9.17, 15) is 5.11 Å². The molecule has 2 fully saturated rings. The first-order valence-corrected chi connectivity index (χ1v) is 7.17. The van der Waals surface area contributed by atoms with E-state index in [0.29, 0.717) is 17.3 Å². The summed E-state index contributed by atoms with van der Waals surface area (Å²) in [5, 5.41) is 10.6. The summed E-state index contributed by atoms with van der Waals surface area (Å²) in [6, 6.07) is 0. The van der Waals surface area contributed by atoms with Crippen molar-refractivity contribution >= 4 is 0 Å². The molecule has 0 saturated heterocycles. The van der Waals surface area contributed by atoms with Crippen molar-refractivity contribution in [2.24, 2.45) is 22.7 Å². The Morgan fingerprint density at radius 3 is 2.47 bits per heavy atom. The Morgan fingerprint density at radius 2 is 1.88 bits per heavy atom. The van der Waals surface area contributed by atoms with Gasteiger partial charge in [0.05, 0.1) is 6.10 Å². The molecular weight excluding hydrogens is 208 g/mol. The van der Waals surface area contributed by atoms with Crippen LogP contribution in [0.5, 0.6) is 0 Å². The quantitative estimate of drug-likeness (QED) is 0.714. The molecule has 17 heavy (non-hydrogen) atoms. The molecule has 2 rings (SSSR count). The van der Waals surface area contributed by atoms with E-state index in [1.807, 2.05) is 0 Å². The van der Waals surface area contributed by atoms with Gasteiger partial charge in [0.25, 0.3) is 0 Å². The Labute approximate surface area is 106 Å². The number of allylic oxidation sites excluding steroid dienone is 1. The zero-order valence-electron chi connectivity index (χ0n) is 11.9. The molecule has 0 amide bonds. The van der Waals surface area contributed by atoms with Crippen LogP contribution < -0.4 is 0 Å². The summed E-state index contributed by atoms with van der Waals surface area (Å²) in [7, 11) is 0. The largest absolute Gasteiger partial charge is 0.392 e. The maximum Gasteiger partial charge on any atom is 0.0622 e. The van der Waals surface area contributed by atoms with E-state index < -0.39 is 0 Å². The first-order chi connectivity index (χ1) is 7.81. The highest BCUT2D eigenvalue weighted by Gasteiger charge is 2.57. The summed E-state index contributed by atoms with van der Waals surface area (Å²) in [6.07, 6.45) is 6.00. The molecular formula is C16H28O. The smallest absolute Gasteiger partial charge is 0.0622 e. The lowest BCUT2D eigenvalue weighted by Crippen LogP contribution is -2.44. The third-order valence-electron chi connectivity index (χ3n) is 5.55. The van der Waals surface area contributed by atoms with Crippen LogP contribution in [0.1, 0.15) is 59.8 Å². The Morgan fingerprint density at radius 1 is 1.24 bits per heavy atom. The topological polar surface area (TPSA) is 20.2 Å². The van der Waals surface area contributed by atoms with Crippen molar-refractivity contribution in [2.75, 3.05) is 0 Å². The van der Waals surface area contributed by atoms with E-state index in [1.54, 1.807) is 0 Å². The Hall–Kier alpha value is -0.300. The first-order valence-electron chi connectivity index (χ1n) is 7.17. The molecule has 98 valence electrons. The number of rotatable bonds is 2. The molecule has 0 bridgehead atoms. The van der Waals surface area contributed by atoms with Crippen LogP contribution in [0.2, 0.25) is 0 Å². The number of hydrogen-bond donors (Lipinski definition) is 1. The van der Waals surface area contributed by atoms with Crippen LogP contribution in [0.25, 0.3) is 0 Å². The van der Waals surface area contributed by atoms with Crippen molar-refractivity contribution in [3.8, 4) is 0 Å². The number of hydrogen-bond acceptors (Lipinski definition) is 1. The zero-order chi connectivity index (χ0) is 12.8. The molecule has 1 nitrogen and oxygen atoms in total. The second-order valence-electron chi connectivity index (χ2n) is 7.29. The highest BCUT2D eigenvalue weighted by atomic mass is 16.3. The van der Waals surface area contributed by atoms with E-state index in [1.165, 1.54) is 31.3 Å². The predicted octanol–water partition coefficient (Wildman–Crippen LogP) is 4.17. The maximum absolute atomic E-state index is 10.6. The van der Waals surface area contributed by atoms with E-state index >= 15 is 0 Å². The SMILES string of the molecule is C=C1CCC[C@@]2(C)CC[C@](C)([C@H](O)C(C)C)[C@@H]12. The van der Waals surface area contributed by atoms with Crippen molar-refractivity contribution in [1.82, 2.24) is 0 Å². The summed E-state index contributed by atoms with van der Waals surface area (Å²) < 4.78 is 0. The average Bonchev–Trinajstić information content (AvgIpc) is 2.52. The summed E-state index contributed by atoms with van der Waals surface area (Å²) in [5.41, 5.74) is 1.86. The molecule has 0 aromatic heterocycles. The monoisotopic (exact) mass is 236 g/mol. The molecule has 2 aliphatic carbocycles. The molecule has 1 N–H and O–H groups in total. The molecule has 0 aromatic rings. The highest BCUT2D eigenvalue weighted by molar-refractivity contribution is 5.20. The molecule has 4 atom stereocenters. The van der Waals surface area contributed by atoms with Gasteiger partial charge in [0.2, 0.25) is 0 Å². The summed E-state index contributed by atoms with van der Waals surface area (Å²) in [5.74, 6) is 0.873. The molecule has 0 spiro atoms. The Bertz CT molecular complexity index is 319. The zero-order valence-corrected chi connectivity index (χ0v) is 11.9. The summed E-state index contributed by atoms with van der Waals surface area (Å²) >= 11 is 0. The third-order valence-corrected chi connectivity index (χ3v) is 5.55. The van der Waals surface area contributed by atoms with Crippen LogP contribution in [0, 0.1) is 22.7 Å². The highest BCUT2D eigenvalue weighted by Crippen LogP contribution is 2.63. The maximum atomic E-state index is 10.6. The normalized spacial score (nSPS) is 43.9. The predicted molar refractivity (Wildman–Crippen MR) is 72.8 cm³/mol. The van der Waals surface area contributed by atoms with Gasteiger partial charge in [-0.1, -0.05) is 39.8 Å². The standard InChI is InChI=1S/C16H28O/c1-11(2)14(17)16(5)10-9-15(4)8-6-7-12(3)13(15)16/h11,13-14,17H,3,6-10H2,1-2,4-5H3/t13-,14+,15-,16-/m0/s1. The van der Waals surface area contributed by atoms with Crippen LogP contribution in [0.4, 0.5) is 0 Å². The van der Waals surface area contributed by atoms with Gasteiger partial charge in [-0.25, -0.2) is 0 Å². The van der Waals surface area contributed by atoms with Crippen molar-refractivity contribution in [1.29, 1.82) is 0 Å². The number of aliphatic hydroxyl groups excluding tert-OH is 1. The van der Waals surface area contributed by atoms with E-state index in [2.05, 4.69) is 34.3 Å². The van der Waals surface area contributed by atoms with Gasteiger partial charge in [0.1, 0.15) is 0 Å². The second-order valence-corrected chi connectivity index (χ2v) is 7.29. The van der Waals surface area contributed by atoms with Gasteiger partial charge >= 0.3 is 0 Å². The molecule has 0 aliphatic heterocycles. The molecule has 0 heterocycles. The molecule has 0 unspecified atom stereocenters. The molecule has 1 heteroatoms. The van der Waals surface area contributed by atoms with Gasteiger partial charge in [-0.15, -0.1) is 0 Å². The van der Waals surface area contributed by atoms with Crippen LogP contribution in [-0.4, -0.2) is 11.2 Å². The van der Waals surface area contributed by atoms with E-state index in [0.717, 1.165) is 6.42 Å². The summed E-state index contributed by atoms with van der Waals surface area (Å²) in [4.78, 5) is 0. The van der Waals surface area contributed by atoms with Crippen LogP contribution in [-0.2, 0) is 0 Å². The lowest BCUT2D eigenvalue weighted by Gasteiger charge is -2.47. The fraction of sp³-hybridized carbons (Fsp3) is 0.875. The molecule has 0 radical (unpaired) electrons. The molecule has 0 aromatic carbocycles. The van der Waals surface area contributed by atoms with E-state index in [-0.39, 0.29) is 11.5 Å². The lowest BCUT2D eigenvalue weighted by molar-refractivity contribution is -0.0342. The van der Waals surface area contributed by atoms with Gasteiger partial charge in [-0.2, -0.15) is 0 Å². The minimum absolute atomic E-state index is 0.0560. The van der Waals surface area contributed by atoms with Gasteiger partial charge in [-0.05, 0) is 49.4 Å². The average molecular weight is 236 g/mol. The molecule has 2 saturated carbocycles. The van der Waals surface area contributed by atoms with Crippen molar-refractivity contribution < 1.29 is 5.11 Å². The van der Waals surface area contributed by atoms with E-state index in [4.69, 9.17) is 0 Å². The van der Waals surface area contributed by atoms with Crippen LogP contribution in [0.15, 0.2) is 12.2 Å². The lowest BCUT2D eigenvalue weighted by atomic mass is 9.59. The van der Waals surface area contributed by atoms with Crippen molar-refractivity contribution in [2.45, 2.75) is 65.9 Å². The van der Waals surface area contributed by atoms with Gasteiger partial charge in [-0.3, -0.25) is 0 Å². The Kier molecular flexibility index (Phi) is 3.18. The Balaban J connectivity index is 2.34. The minimum Gasteiger partial charge on any atom is -0.392 e. The summed E-state index contributed by atoms with van der Waals surface area (Å²) in [6.45, 7) is 13.3.